The standard InChI is InChI=1S/C21H30O4/c1-3-24-20(22)19(21(23)25-4-2)15-12-16-10-13-18(14-11-16)17-8-6-5-7-9-17/h5-9,16,18-19H,3-4,10-15H2,1-2H3. The van der Waals surface area contributed by atoms with Gasteiger partial charge in [-0.25, -0.2) is 0 Å². The van der Waals surface area contributed by atoms with E-state index in [2.05, 4.69) is 30.3 Å². The first kappa shape index (κ1) is 19.5. The highest BCUT2D eigenvalue weighted by molar-refractivity contribution is 5.94. The highest BCUT2D eigenvalue weighted by Crippen LogP contribution is 2.38. The minimum atomic E-state index is -0.772. The van der Waals surface area contributed by atoms with Crippen molar-refractivity contribution in [3.63, 3.8) is 0 Å². The van der Waals surface area contributed by atoms with Gasteiger partial charge in [-0.3, -0.25) is 9.59 Å². The molecule has 0 aliphatic heterocycles. The van der Waals surface area contributed by atoms with Crippen LogP contribution >= 0.6 is 0 Å². The van der Waals surface area contributed by atoms with Gasteiger partial charge in [0, 0.05) is 0 Å². The van der Waals surface area contributed by atoms with Crippen LogP contribution in [0.3, 0.4) is 0 Å². The summed E-state index contributed by atoms with van der Waals surface area (Å²) in [7, 11) is 0. The summed E-state index contributed by atoms with van der Waals surface area (Å²) < 4.78 is 10.1. The molecule has 0 amide bonds. The summed E-state index contributed by atoms with van der Waals surface area (Å²) in [5.74, 6) is -0.445. The molecule has 0 heterocycles. The minimum Gasteiger partial charge on any atom is -0.465 e. The highest BCUT2D eigenvalue weighted by atomic mass is 16.6. The molecule has 0 saturated heterocycles. The lowest BCUT2D eigenvalue weighted by atomic mass is 9.76. The average Bonchev–Trinajstić information content (AvgIpc) is 2.63. The molecule has 25 heavy (non-hydrogen) atoms. The van der Waals surface area contributed by atoms with Crippen LogP contribution in [0.15, 0.2) is 30.3 Å². The van der Waals surface area contributed by atoms with Crippen molar-refractivity contribution < 1.29 is 19.1 Å². The zero-order valence-electron chi connectivity index (χ0n) is 15.4. The second-order valence-electron chi connectivity index (χ2n) is 6.76. The second kappa shape index (κ2) is 10.2. The first-order valence-corrected chi connectivity index (χ1v) is 9.53. The summed E-state index contributed by atoms with van der Waals surface area (Å²) in [5.41, 5.74) is 1.43. The molecule has 0 spiro atoms. The predicted octanol–water partition coefficient (Wildman–Crippen LogP) is 4.48. The smallest absolute Gasteiger partial charge is 0.320 e. The van der Waals surface area contributed by atoms with Crippen molar-refractivity contribution in [1.29, 1.82) is 0 Å². The Hall–Kier alpha value is -1.84. The van der Waals surface area contributed by atoms with Crippen molar-refractivity contribution in [2.75, 3.05) is 13.2 Å². The van der Waals surface area contributed by atoms with Gasteiger partial charge in [0.05, 0.1) is 13.2 Å². The van der Waals surface area contributed by atoms with Crippen molar-refractivity contribution in [2.45, 2.75) is 58.3 Å². The molecule has 0 bridgehead atoms. The third-order valence-corrected chi connectivity index (χ3v) is 5.12. The van der Waals surface area contributed by atoms with Gasteiger partial charge < -0.3 is 9.47 Å². The Morgan fingerprint density at radius 1 is 0.960 bits per heavy atom. The Balaban J connectivity index is 1.83. The SMILES string of the molecule is CCOC(=O)C(CCC1CCC(c2ccccc2)CC1)C(=O)OCC. The highest BCUT2D eigenvalue weighted by Gasteiger charge is 2.31. The van der Waals surface area contributed by atoms with E-state index in [4.69, 9.17) is 9.47 Å². The summed E-state index contributed by atoms with van der Waals surface area (Å²) in [6.45, 7) is 4.09. The molecule has 4 nitrogen and oxygen atoms in total. The summed E-state index contributed by atoms with van der Waals surface area (Å²) >= 11 is 0. The second-order valence-corrected chi connectivity index (χ2v) is 6.76. The number of carbonyl (C=O) groups is 2. The molecule has 0 radical (unpaired) electrons. The van der Waals surface area contributed by atoms with E-state index in [0.717, 1.165) is 19.3 Å². The number of benzene rings is 1. The van der Waals surface area contributed by atoms with Gasteiger partial charge in [-0.1, -0.05) is 30.3 Å². The van der Waals surface area contributed by atoms with Crippen LogP contribution in [-0.4, -0.2) is 25.2 Å². The van der Waals surface area contributed by atoms with E-state index in [1.165, 1.54) is 18.4 Å². The summed E-state index contributed by atoms with van der Waals surface area (Å²) in [5, 5.41) is 0. The Morgan fingerprint density at radius 3 is 2.04 bits per heavy atom. The van der Waals surface area contributed by atoms with E-state index >= 15 is 0 Å². The van der Waals surface area contributed by atoms with Crippen LogP contribution in [0, 0.1) is 11.8 Å². The molecule has 1 aromatic rings. The van der Waals surface area contributed by atoms with E-state index in [1.54, 1.807) is 13.8 Å². The molecular formula is C21H30O4. The molecule has 0 N–H and O–H groups in total. The Morgan fingerprint density at radius 2 is 1.52 bits per heavy atom. The largest absolute Gasteiger partial charge is 0.465 e. The number of hydrogen-bond acceptors (Lipinski definition) is 4. The number of carbonyl (C=O) groups excluding carboxylic acids is 2. The summed E-state index contributed by atoms with van der Waals surface area (Å²) in [4.78, 5) is 24.1. The molecule has 2 rings (SSSR count). The molecule has 1 saturated carbocycles. The average molecular weight is 346 g/mol. The molecule has 1 fully saturated rings. The van der Waals surface area contributed by atoms with Gasteiger partial charge in [-0.15, -0.1) is 0 Å². The molecule has 0 atom stereocenters. The lowest BCUT2D eigenvalue weighted by Gasteiger charge is -2.29. The van der Waals surface area contributed by atoms with Crippen molar-refractivity contribution >= 4 is 11.9 Å². The lowest BCUT2D eigenvalue weighted by Crippen LogP contribution is -2.29. The molecular weight excluding hydrogens is 316 g/mol. The topological polar surface area (TPSA) is 52.6 Å². The monoisotopic (exact) mass is 346 g/mol. The van der Waals surface area contributed by atoms with Crippen molar-refractivity contribution in [3.8, 4) is 0 Å². The van der Waals surface area contributed by atoms with Gasteiger partial charge in [0.25, 0.3) is 0 Å². The maximum Gasteiger partial charge on any atom is 0.320 e. The molecule has 4 heteroatoms. The lowest BCUT2D eigenvalue weighted by molar-refractivity contribution is -0.162. The van der Waals surface area contributed by atoms with E-state index in [1.807, 2.05) is 0 Å². The maximum absolute atomic E-state index is 12.0. The van der Waals surface area contributed by atoms with Crippen molar-refractivity contribution in [1.82, 2.24) is 0 Å². The third-order valence-electron chi connectivity index (χ3n) is 5.12. The molecule has 1 aliphatic carbocycles. The fourth-order valence-corrected chi connectivity index (χ4v) is 3.73. The maximum atomic E-state index is 12.0. The quantitative estimate of drug-likeness (QED) is 0.514. The van der Waals surface area contributed by atoms with Gasteiger partial charge in [0.1, 0.15) is 0 Å². The predicted molar refractivity (Wildman–Crippen MR) is 97.1 cm³/mol. The van der Waals surface area contributed by atoms with Crippen molar-refractivity contribution in [3.05, 3.63) is 35.9 Å². The van der Waals surface area contributed by atoms with Crippen LogP contribution in [0.5, 0.6) is 0 Å². The van der Waals surface area contributed by atoms with Gasteiger partial charge in [-0.2, -0.15) is 0 Å². The molecule has 138 valence electrons. The van der Waals surface area contributed by atoms with E-state index in [0.29, 0.717) is 18.3 Å². The van der Waals surface area contributed by atoms with Gasteiger partial charge in [-0.05, 0) is 69.8 Å². The Labute approximate surface area is 150 Å². The molecule has 1 aliphatic rings. The summed E-state index contributed by atoms with van der Waals surface area (Å²) in [6.07, 6.45) is 6.06. The van der Waals surface area contributed by atoms with E-state index < -0.39 is 17.9 Å². The van der Waals surface area contributed by atoms with Crippen LogP contribution in [0.2, 0.25) is 0 Å². The van der Waals surface area contributed by atoms with E-state index in [9.17, 15) is 9.59 Å². The fraction of sp³-hybridized carbons (Fsp3) is 0.619. The number of rotatable bonds is 8. The third kappa shape index (κ3) is 5.87. The number of esters is 2. The van der Waals surface area contributed by atoms with E-state index in [-0.39, 0.29) is 13.2 Å². The van der Waals surface area contributed by atoms with Crippen LogP contribution < -0.4 is 0 Å². The van der Waals surface area contributed by atoms with Gasteiger partial charge in [0.2, 0.25) is 0 Å². The first-order chi connectivity index (χ1) is 12.2. The summed E-state index contributed by atoms with van der Waals surface area (Å²) in [6, 6.07) is 10.7. The Kier molecular flexibility index (Phi) is 7.96. The number of hydrogen-bond donors (Lipinski definition) is 0. The van der Waals surface area contributed by atoms with Crippen molar-refractivity contribution in [2.24, 2.45) is 11.8 Å². The van der Waals surface area contributed by atoms with Crippen LogP contribution in [0.25, 0.3) is 0 Å². The first-order valence-electron chi connectivity index (χ1n) is 9.53. The molecule has 1 aromatic carbocycles. The zero-order chi connectivity index (χ0) is 18.1. The number of ether oxygens (including phenoxy) is 2. The molecule has 0 unspecified atom stereocenters. The zero-order valence-corrected chi connectivity index (χ0v) is 15.4. The minimum absolute atomic E-state index is 0.289. The van der Waals surface area contributed by atoms with Gasteiger partial charge >= 0.3 is 11.9 Å². The van der Waals surface area contributed by atoms with Crippen LogP contribution in [0.1, 0.15) is 63.9 Å². The van der Waals surface area contributed by atoms with Gasteiger partial charge in [0.15, 0.2) is 5.92 Å². The van der Waals surface area contributed by atoms with Crippen LogP contribution in [-0.2, 0) is 19.1 Å². The normalized spacial score (nSPS) is 20.3. The van der Waals surface area contributed by atoms with Crippen LogP contribution in [0.4, 0.5) is 0 Å². The Bertz CT molecular complexity index is 514. The molecule has 0 aromatic heterocycles. The fourth-order valence-electron chi connectivity index (χ4n) is 3.73.